The van der Waals surface area contributed by atoms with Crippen LogP contribution in [0.4, 0.5) is 0 Å². The van der Waals surface area contributed by atoms with Gasteiger partial charge in [0.2, 0.25) is 0 Å². The third-order valence-electron chi connectivity index (χ3n) is 4.14. The van der Waals surface area contributed by atoms with Gasteiger partial charge < -0.3 is 15.2 Å². The van der Waals surface area contributed by atoms with Crippen molar-refractivity contribution in [1.29, 1.82) is 0 Å². The van der Waals surface area contributed by atoms with Crippen molar-refractivity contribution in [2.45, 2.75) is 97.3 Å². The normalized spacial score (nSPS) is 10.7. The van der Waals surface area contributed by atoms with Gasteiger partial charge in [0.25, 0.3) is 0 Å². The van der Waals surface area contributed by atoms with Crippen LogP contribution in [-0.2, 0) is 4.79 Å². The molecule has 0 rings (SSSR count). The molecule has 0 radical (unpaired) electrons. The fraction of sp³-hybridized carbons (Fsp3) is 0.947. The van der Waals surface area contributed by atoms with Crippen LogP contribution in [0.25, 0.3) is 0 Å². The maximum atomic E-state index is 10.2. The maximum Gasteiger partial charge on any atom is 1.00 e. The number of carboxylic acids is 1. The molecule has 0 aliphatic rings. The molecule has 0 bridgehead atoms. The molecule has 0 atom stereocenters. The second-order valence-electron chi connectivity index (χ2n) is 6.94. The van der Waals surface area contributed by atoms with E-state index in [0.717, 1.165) is 18.9 Å². The van der Waals surface area contributed by atoms with Crippen LogP contribution in [0.5, 0.6) is 0 Å². The summed E-state index contributed by atoms with van der Waals surface area (Å²) < 4.78 is 0. The molecular weight excluding hydrogens is 297 g/mol. The molecule has 132 valence electrons. The van der Waals surface area contributed by atoms with Crippen molar-refractivity contribution < 1.29 is 39.5 Å². The molecule has 0 aromatic heterocycles. The first kappa shape index (κ1) is 25.7. The van der Waals surface area contributed by atoms with Crippen molar-refractivity contribution in [2.24, 2.45) is 5.92 Å². The van der Waals surface area contributed by atoms with Crippen molar-refractivity contribution in [3.8, 4) is 0 Å². The maximum absolute atomic E-state index is 10.2. The Hall–Kier alpha value is 0.430. The Balaban J connectivity index is 0. The van der Waals surface area contributed by atoms with Gasteiger partial charge in [-0.1, -0.05) is 84.5 Å². The standard InChI is InChI=1S/C19H39NO2.Na/c1-18(2)14-12-10-8-6-4-3-5-7-9-11-13-16-20-17-15-19(21)22;/h18,20H,3-17H2,1-2H3,(H,21,22);/q;+1/p-1. The van der Waals surface area contributed by atoms with Crippen molar-refractivity contribution in [1.82, 2.24) is 5.32 Å². The number of rotatable bonds is 17. The van der Waals surface area contributed by atoms with Gasteiger partial charge in [-0.25, -0.2) is 0 Å². The zero-order chi connectivity index (χ0) is 16.5. The predicted molar refractivity (Wildman–Crippen MR) is 92.7 cm³/mol. The van der Waals surface area contributed by atoms with E-state index in [4.69, 9.17) is 0 Å². The average molecular weight is 336 g/mol. The average Bonchev–Trinajstić information content (AvgIpc) is 2.46. The zero-order valence-corrected chi connectivity index (χ0v) is 18.0. The van der Waals surface area contributed by atoms with Gasteiger partial charge in [0.05, 0.1) is 0 Å². The minimum absolute atomic E-state index is 0. The summed E-state index contributed by atoms with van der Waals surface area (Å²) in [6.45, 7) is 6.09. The SMILES string of the molecule is CC(C)CCCCCCCCCCCCCNCCC(=O)[O-].[Na+]. The number of carbonyl (C=O) groups is 1. The molecule has 23 heavy (non-hydrogen) atoms. The van der Waals surface area contributed by atoms with Crippen LogP contribution in [0.2, 0.25) is 0 Å². The Kier molecular flexibility index (Phi) is 22.8. The minimum Gasteiger partial charge on any atom is -0.550 e. The molecule has 0 spiro atoms. The van der Waals surface area contributed by atoms with Crippen LogP contribution in [0.1, 0.15) is 97.3 Å². The Morgan fingerprint density at radius 2 is 1.22 bits per heavy atom. The van der Waals surface area contributed by atoms with Crippen LogP contribution in [0.3, 0.4) is 0 Å². The van der Waals surface area contributed by atoms with Crippen molar-refractivity contribution in [2.75, 3.05) is 13.1 Å². The van der Waals surface area contributed by atoms with Crippen molar-refractivity contribution in [3.63, 3.8) is 0 Å². The molecule has 0 aromatic carbocycles. The molecule has 1 N–H and O–H groups in total. The van der Waals surface area contributed by atoms with Gasteiger partial charge in [-0.05, 0) is 25.3 Å². The van der Waals surface area contributed by atoms with Gasteiger partial charge in [0.1, 0.15) is 0 Å². The summed E-state index contributed by atoms with van der Waals surface area (Å²) >= 11 is 0. The Labute approximate surface area is 166 Å². The van der Waals surface area contributed by atoms with E-state index in [-0.39, 0.29) is 36.0 Å². The van der Waals surface area contributed by atoms with Crippen LogP contribution in [-0.4, -0.2) is 19.1 Å². The van der Waals surface area contributed by atoms with E-state index in [1.807, 2.05) is 0 Å². The van der Waals surface area contributed by atoms with Crippen LogP contribution < -0.4 is 40.0 Å². The zero-order valence-electron chi connectivity index (χ0n) is 16.0. The predicted octanol–water partition coefficient (Wildman–Crippen LogP) is 1.06. The summed E-state index contributed by atoms with van der Waals surface area (Å²) in [6.07, 6.45) is 16.5. The van der Waals surface area contributed by atoms with Crippen LogP contribution in [0.15, 0.2) is 0 Å². The first-order valence-corrected chi connectivity index (χ1v) is 9.53. The van der Waals surface area contributed by atoms with Gasteiger partial charge in [-0.3, -0.25) is 0 Å². The number of hydrogen-bond donors (Lipinski definition) is 1. The molecule has 0 aromatic rings. The van der Waals surface area contributed by atoms with E-state index in [2.05, 4.69) is 19.2 Å². The molecule has 0 saturated carbocycles. The van der Waals surface area contributed by atoms with Crippen molar-refractivity contribution >= 4 is 5.97 Å². The smallest absolute Gasteiger partial charge is 0.550 e. The monoisotopic (exact) mass is 335 g/mol. The van der Waals surface area contributed by atoms with Gasteiger partial charge in [0.15, 0.2) is 0 Å². The molecule has 0 fully saturated rings. The summed E-state index contributed by atoms with van der Waals surface area (Å²) in [5.41, 5.74) is 0. The second kappa shape index (κ2) is 20.5. The topological polar surface area (TPSA) is 52.2 Å². The molecule has 0 amide bonds. The summed E-state index contributed by atoms with van der Waals surface area (Å²) in [5.74, 6) is -0.100. The number of unbranched alkanes of at least 4 members (excludes halogenated alkanes) is 10. The number of nitrogens with one attached hydrogen (secondary N) is 1. The van der Waals surface area contributed by atoms with E-state index in [1.165, 1.54) is 70.6 Å². The molecule has 0 aliphatic carbocycles. The second-order valence-corrected chi connectivity index (χ2v) is 6.94. The number of carboxylic acid groups (broad SMARTS) is 1. The molecular formula is C19H38NNaO2. The molecule has 0 saturated heterocycles. The molecule has 4 heteroatoms. The van der Waals surface area contributed by atoms with Gasteiger partial charge in [0, 0.05) is 12.5 Å². The van der Waals surface area contributed by atoms with E-state index in [0.29, 0.717) is 6.54 Å². The minimum atomic E-state index is -0.965. The molecule has 0 aliphatic heterocycles. The van der Waals surface area contributed by atoms with E-state index in [9.17, 15) is 9.90 Å². The number of aliphatic carboxylic acids is 1. The van der Waals surface area contributed by atoms with Gasteiger partial charge in [-0.15, -0.1) is 0 Å². The van der Waals surface area contributed by atoms with Crippen LogP contribution in [0, 0.1) is 5.92 Å². The Morgan fingerprint density at radius 3 is 1.65 bits per heavy atom. The molecule has 0 unspecified atom stereocenters. The van der Waals surface area contributed by atoms with E-state index >= 15 is 0 Å². The van der Waals surface area contributed by atoms with E-state index in [1.54, 1.807) is 0 Å². The summed E-state index contributed by atoms with van der Waals surface area (Å²) in [7, 11) is 0. The summed E-state index contributed by atoms with van der Waals surface area (Å²) in [4.78, 5) is 10.2. The number of hydrogen-bond acceptors (Lipinski definition) is 3. The first-order valence-electron chi connectivity index (χ1n) is 9.53. The molecule has 0 heterocycles. The Bertz CT molecular complexity index is 248. The van der Waals surface area contributed by atoms with Gasteiger partial charge in [-0.2, -0.15) is 0 Å². The largest absolute Gasteiger partial charge is 1.00 e. The number of carbonyl (C=O) groups excluding carboxylic acids is 1. The van der Waals surface area contributed by atoms with Crippen LogP contribution >= 0.6 is 0 Å². The fourth-order valence-electron chi connectivity index (χ4n) is 2.71. The fourth-order valence-corrected chi connectivity index (χ4v) is 2.71. The quantitative estimate of drug-likeness (QED) is 0.319. The third-order valence-corrected chi connectivity index (χ3v) is 4.14. The molecule has 3 nitrogen and oxygen atoms in total. The van der Waals surface area contributed by atoms with E-state index < -0.39 is 5.97 Å². The summed E-state index contributed by atoms with van der Waals surface area (Å²) in [5, 5.41) is 13.3. The third kappa shape index (κ3) is 24.8. The van der Waals surface area contributed by atoms with Crippen molar-refractivity contribution in [3.05, 3.63) is 0 Å². The summed E-state index contributed by atoms with van der Waals surface area (Å²) in [6, 6.07) is 0. The Morgan fingerprint density at radius 1 is 0.783 bits per heavy atom. The van der Waals surface area contributed by atoms with Gasteiger partial charge >= 0.3 is 29.6 Å². The first-order chi connectivity index (χ1) is 10.6.